The van der Waals surface area contributed by atoms with Crippen LogP contribution in [0.2, 0.25) is 0 Å². The first-order chi connectivity index (χ1) is 15.3. The van der Waals surface area contributed by atoms with Gasteiger partial charge in [0.1, 0.15) is 10.7 Å². The first-order valence-electron chi connectivity index (χ1n) is 9.90. The zero-order chi connectivity index (χ0) is 22.7. The van der Waals surface area contributed by atoms with Crippen LogP contribution in [0.4, 0.5) is 15.8 Å². The molecule has 0 spiro atoms. The Kier molecular flexibility index (Phi) is 6.06. The number of hydrogen-bond donors (Lipinski definition) is 2. The molecular formula is C22H20FN3O5S. The third-order valence-corrected chi connectivity index (χ3v) is 6.94. The smallest absolute Gasteiger partial charge is 0.291 e. The molecule has 0 atom stereocenters. The summed E-state index contributed by atoms with van der Waals surface area (Å²) < 4.78 is 46.0. The molecule has 8 nitrogen and oxygen atoms in total. The summed E-state index contributed by atoms with van der Waals surface area (Å²) in [7, 11) is -4.00. The number of halogens is 1. The van der Waals surface area contributed by atoms with E-state index in [1.165, 1.54) is 22.7 Å². The number of anilines is 2. The summed E-state index contributed by atoms with van der Waals surface area (Å²) >= 11 is 0. The molecule has 4 rings (SSSR count). The van der Waals surface area contributed by atoms with Crippen molar-refractivity contribution in [1.29, 1.82) is 0 Å². The first kappa shape index (κ1) is 21.7. The van der Waals surface area contributed by atoms with Crippen LogP contribution >= 0.6 is 0 Å². The number of sulfonamides is 1. The molecule has 2 heterocycles. The molecule has 1 saturated heterocycles. The van der Waals surface area contributed by atoms with E-state index in [0.29, 0.717) is 24.5 Å². The van der Waals surface area contributed by atoms with Gasteiger partial charge >= 0.3 is 0 Å². The molecule has 10 heteroatoms. The van der Waals surface area contributed by atoms with Crippen molar-refractivity contribution < 1.29 is 26.8 Å². The Morgan fingerprint density at radius 1 is 0.906 bits per heavy atom. The van der Waals surface area contributed by atoms with Crippen molar-refractivity contribution >= 4 is 33.2 Å². The number of nitrogens with one attached hydrogen (secondary N) is 2. The standard InChI is InChI=1S/C22H20FN3O5S/c23-18-10-5-15(14-20(18)32(29,30)26-11-1-2-12-26)21(27)24-16-6-8-17(9-7-16)25-22(28)19-4-3-13-31-19/h3-10,13-14H,1-2,11-12H2,(H,24,27)(H,25,28). The van der Waals surface area contributed by atoms with Gasteiger partial charge in [-0.3, -0.25) is 9.59 Å². The maximum absolute atomic E-state index is 14.3. The largest absolute Gasteiger partial charge is 0.459 e. The summed E-state index contributed by atoms with van der Waals surface area (Å²) in [5, 5.41) is 5.29. The number of amides is 2. The lowest BCUT2D eigenvalue weighted by Gasteiger charge is -2.16. The molecule has 166 valence electrons. The van der Waals surface area contributed by atoms with Crippen LogP contribution in [0, 0.1) is 5.82 Å². The molecular weight excluding hydrogens is 437 g/mol. The fourth-order valence-electron chi connectivity index (χ4n) is 3.35. The van der Waals surface area contributed by atoms with Gasteiger partial charge in [0.25, 0.3) is 11.8 Å². The van der Waals surface area contributed by atoms with Crippen molar-refractivity contribution in [2.75, 3.05) is 23.7 Å². The highest BCUT2D eigenvalue weighted by Gasteiger charge is 2.30. The van der Waals surface area contributed by atoms with Gasteiger partial charge in [0.05, 0.1) is 6.26 Å². The number of carbonyl (C=O) groups is 2. The molecule has 0 bridgehead atoms. The van der Waals surface area contributed by atoms with Crippen LogP contribution in [-0.2, 0) is 10.0 Å². The minimum Gasteiger partial charge on any atom is -0.459 e. The Hall–Kier alpha value is -3.50. The molecule has 1 aromatic heterocycles. The van der Waals surface area contributed by atoms with E-state index in [9.17, 15) is 22.4 Å². The third-order valence-electron chi connectivity index (χ3n) is 5.02. The van der Waals surface area contributed by atoms with Gasteiger partial charge < -0.3 is 15.1 Å². The van der Waals surface area contributed by atoms with Gasteiger partial charge in [0.2, 0.25) is 10.0 Å². The van der Waals surface area contributed by atoms with E-state index in [0.717, 1.165) is 25.0 Å². The predicted molar refractivity (Wildman–Crippen MR) is 115 cm³/mol. The van der Waals surface area contributed by atoms with Crippen molar-refractivity contribution in [3.8, 4) is 0 Å². The van der Waals surface area contributed by atoms with Gasteiger partial charge in [-0.2, -0.15) is 4.31 Å². The van der Waals surface area contributed by atoms with Crippen LogP contribution in [0.15, 0.2) is 70.2 Å². The zero-order valence-electron chi connectivity index (χ0n) is 16.9. The summed E-state index contributed by atoms with van der Waals surface area (Å²) in [5.41, 5.74) is 0.920. The summed E-state index contributed by atoms with van der Waals surface area (Å²) in [6.45, 7) is 0.669. The van der Waals surface area contributed by atoms with Gasteiger partial charge in [0.15, 0.2) is 5.76 Å². The number of hydrogen-bond acceptors (Lipinski definition) is 5. The highest BCUT2D eigenvalue weighted by Crippen LogP contribution is 2.25. The van der Waals surface area contributed by atoms with E-state index >= 15 is 0 Å². The fourth-order valence-corrected chi connectivity index (χ4v) is 4.96. The lowest BCUT2D eigenvalue weighted by molar-refractivity contribution is 0.0994. The number of furan rings is 1. The second-order valence-electron chi connectivity index (χ2n) is 7.22. The molecule has 3 aromatic rings. The van der Waals surface area contributed by atoms with Crippen LogP contribution in [0.3, 0.4) is 0 Å². The molecule has 32 heavy (non-hydrogen) atoms. The number of rotatable bonds is 6. The topological polar surface area (TPSA) is 109 Å². The summed E-state index contributed by atoms with van der Waals surface area (Å²) in [6, 6.07) is 12.7. The van der Waals surface area contributed by atoms with Crippen LogP contribution in [-0.4, -0.2) is 37.6 Å². The molecule has 2 N–H and O–H groups in total. The van der Waals surface area contributed by atoms with Gasteiger partial charge in [-0.1, -0.05) is 0 Å². The molecule has 1 aliphatic heterocycles. The van der Waals surface area contributed by atoms with E-state index in [4.69, 9.17) is 4.42 Å². The summed E-state index contributed by atoms with van der Waals surface area (Å²) in [6.07, 6.45) is 2.84. The van der Waals surface area contributed by atoms with Crippen LogP contribution in [0.1, 0.15) is 33.8 Å². The maximum atomic E-state index is 14.3. The van der Waals surface area contributed by atoms with E-state index in [1.54, 1.807) is 30.3 Å². The minimum absolute atomic E-state index is 0.0133. The highest BCUT2D eigenvalue weighted by molar-refractivity contribution is 7.89. The highest BCUT2D eigenvalue weighted by atomic mass is 32.2. The maximum Gasteiger partial charge on any atom is 0.291 e. The van der Waals surface area contributed by atoms with Crippen molar-refractivity contribution in [2.45, 2.75) is 17.7 Å². The van der Waals surface area contributed by atoms with Crippen molar-refractivity contribution in [3.63, 3.8) is 0 Å². The average Bonchev–Trinajstić information content (AvgIpc) is 3.50. The Labute approximate surface area is 184 Å². The molecule has 1 fully saturated rings. The van der Waals surface area contributed by atoms with E-state index in [1.807, 2.05) is 0 Å². The Bertz CT molecular complexity index is 1240. The van der Waals surface area contributed by atoms with Crippen LogP contribution in [0.25, 0.3) is 0 Å². The Morgan fingerprint density at radius 2 is 1.53 bits per heavy atom. The summed E-state index contributed by atoms with van der Waals surface area (Å²) in [5.74, 6) is -1.73. The van der Waals surface area contributed by atoms with Crippen LogP contribution < -0.4 is 10.6 Å². The number of carbonyl (C=O) groups excluding carboxylic acids is 2. The molecule has 0 saturated carbocycles. The summed E-state index contributed by atoms with van der Waals surface area (Å²) in [4.78, 5) is 24.1. The lowest BCUT2D eigenvalue weighted by Crippen LogP contribution is -2.29. The molecule has 0 unspecified atom stereocenters. The monoisotopic (exact) mass is 457 g/mol. The molecule has 0 aliphatic carbocycles. The van der Waals surface area contributed by atoms with E-state index in [2.05, 4.69) is 10.6 Å². The third kappa shape index (κ3) is 4.56. The average molecular weight is 457 g/mol. The molecule has 0 radical (unpaired) electrons. The van der Waals surface area contributed by atoms with Gasteiger partial charge in [-0.25, -0.2) is 12.8 Å². The minimum atomic E-state index is -4.00. The Morgan fingerprint density at radius 3 is 2.12 bits per heavy atom. The molecule has 2 amide bonds. The number of benzene rings is 2. The normalized spacial score (nSPS) is 14.3. The van der Waals surface area contributed by atoms with Crippen LogP contribution in [0.5, 0.6) is 0 Å². The number of nitrogens with zero attached hydrogens (tertiary/aromatic N) is 1. The quantitative estimate of drug-likeness (QED) is 0.587. The zero-order valence-corrected chi connectivity index (χ0v) is 17.7. The second-order valence-corrected chi connectivity index (χ2v) is 9.13. The van der Waals surface area contributed by atoms with E-state index < -0.39 is 32.6 Å². The van der Waals surface area contributed by atoms with Gasteiger partial charge in [-0.15, -0.1) is 0 Å². The first-order valence-corrected chi connectivity index (χ1v) is 11.3. The molecule has 2 aromatic carbocycles. The second kappa shape index (κ2) is 8.93. The van der Waals surface area contributed by atoms with Gasteiger partial charge in [0, 0.05) is 30.0 Å². The lowest BCUT2D eigenvalue weighted by atomic mass is 10.2. The fraction of sp³-hybridized carbons (Fsp3) is 0.182. The molecule has 1 aliphatic rings. The Balaban J connectivity index is 1.46. The van der Waals surface area contributed by atoms with Crippen molar-refractivity contribution in [1.82, 2.24) is 4.31 Å². The SMILES string of the molecule is O=C(Nc1ccc(NC(=O)c2ccco2)cc1)c1ccc(F)c(S(=O)(=O)N2CCCC2)c1. The van der Waals surface area contributed by atoms with E-state index in [-0.39, 0.29) is 11.3 Å². The van der Waals surface area contributed by atoms with Gasteiger partial charge in [-0.05, 0) is 67.4 Å². The van der Waals surface area contributed by atoms with Crippen molar-refractivity contribution in [2.24, 2.45) is 0 Å². The van der Waals surface area contributed by atoms with Crippen molar-refractivity contribution in [3.05, 3.63) is 78.0 Å². The predicted octanol–water partition coefficient (Wildman–Crippen LogP) is 3.71.